The van der Waals surface area contributed by atoms with Crippen LogP contribution in [0.1, 0.15) is 37.3 Å². The van der Waals surface area contributed by atoms with Gasteiger partial charge in [-0.1, -0.05) is 31.9 Å². The second-order valence-electron chi connectivity index (χ2n) is 10.2. The topological polar surface area (TPSA) is 137 Å². The standard InChI is InChI=1S/C14H12BrN3O.C14H15BrN2O4S/c15-10-2-3-11-12(7-10)17-13-4-1-9(8-16)5-6-18(13)14(11)19;1-22(19,20)21-10-3-5-13-16-12-8-9(15)2-4-11(12)14(18)17(13)7-6-10/h2-3,7,9H,1,4-6H2;2,4,8,10H,3,5-7H2,1H3. The zero-order chi connectivity index (χ0) is 29.3. The molecule has 0 fully saturated rings. The van der Waals surface area contributed by atoms with E-state index in [9.17, 15) is 18.0 Å². The number of benzene rings is 2. The molecule has 2 aromatic heterocycles. The molecule has 10 nitrogen and oxygen atoms in total. The van der Waals surface area contributed by atoms with Crippen LogP contribution in [0.4, 0.5) is 0 Å². The maximum atomic E-state index is 12.6. The van der Waals surface area contributed by atoms with Crippen LogP contribution < -0.4 is 11.1 Å². The van der Waals surface area contributed by atoms with Crippen molar-refractivity contribution in [1.82, 2.24) is 19.1 Å². The van der Waals surface area contributed by atoms with E-state index in [1.54, 1.807) is 21.3 Å². The number of halogens is 2. The van der Waals surface area contributed by atoms with Gasteiger partial charge in [0.1, 0.15) is 11.6 Å². The molecule has 0 radical (unpaired) electrons. The van der Waals surface area contributed by atoms with Crippen molar-refractivity contribution >= 4 is 63.8 Å². The molecule has 4 aromatic rings. The molecular weight excluding hydrogens is 678 g/mol. The normalized spacial score (nSPS) is 18.8. The van der Waals surface area contributed by atoms with Crippen LogP contribution in [-0.2, 0) is 40.2 Å². The van der Waals surface area contributed by atoms with E-state index < -0.39 is 16.2 Å². The van der Waals surface area contributed by atoms with E-state index in [1.807, 2.05) is 24.3 Å². The van der Waals surface area contributed by atoms with Crippen LogP contribution in [0.2, 0.25) is 0 Å². The largest absolute Gasteiger partial charge is 0.296 e. The highest BCUT2D eigenvalue weighted by molar-refractivity contribution is 9.10. The lowest BCUT2D eigenvalue weighted by atomic mass is 10.0. The van der Waals surface area contributed by atoms with E-state index >= 15 is 0 Å². The van der Waals surface area contributed by atoms with Gasteiger partial charge in [-0.3, -0.25) is 22.9 Å². The lowest BCUT2D eigenvalue weighted by Crippen LogP contribution is -2.25. The summed E-state index contributed by atoms with van der Waals surface area (Å²) in [6.07, 6.45) is 4.35. The highest BCUT2D eigenvalue weighted by atomic mass is 79.9. The van der Waals surface area contributed by atoms with E-state index in [1.165, 1.54) is 0 Å². The first-order chi connectivity index (χ1) is 19.5. The van der Waals surface area contributed by atoms with Crippen LogP contribution >= 0.6 is 31.9 Å². The van der Waals surface area contributed by atoms with Gasteiger partial charge in [-0.25, -0.2) is 9.97 Å². The molecule has 214 valence electrons. The van der Waals surface area contributed by atoms with Crippen molar-refractivity contribution in [1.29, 1.82) is 5.26 Å². The molecule has 41 heavy (non-hydrogen) atoms. The van der Waals surface area contributed by atoms with E-state index in [0.29, 0.717) is 60.9 Å². The third kappa shape index (κ3) is 6.77. The molecule has 0 spiro atoms. The third-order valence-corrected chi connectivity index (χ3v) is 8.88. The Morgan fingerprint density at radius 3 is 1.88 bits per heavy atom. The number of aryl methyl sites for hydroxylation is 2. The van der Waals surface area contributed by atoms with E-state index in [-0.39, 0.29) is 17.0 Å². The SMILES string of the molecule is CS(=O)(=O)OC1CCc2nc3cc(Br)ccc3c(=O)n2CC1.N#CC1CCc2nc3cc(Br)ccc3c(=O)n2CC1. The van der Waals surface area contributed by atoms with Gasteiger partial charge in [0.2, 0.25) is 0 Å². The van der Waals surface area contributed by atoms with Gasteiger partial charge in [0.25, 0.3) is 21.2 Å². The smallest absolute Gasteiger partial charge is 0.264 e. The summed E-state index contributed by atoms with van der Waals surface area (Å²) < 4.78 is 32.7. The van der Waals surface area contributed by atoms with Crippen LogP contribution in [0.25, 0.3) is 21.8 Å². The van der Waals surface area contributed by atoms with E-state index in [4.69, 9.17) is 9.44 Å². The Bertz CT molecular complexity index is 1920. The molecule has 0 bridgehead atoms. The van der Waals surface area contributed by atoms with Gasteiger partial charge < -0.3 is 0 Å². The summed E-state index contributed by atoms with van der Waals surface area (Å²) in [4.78, 5) is 34.2. The van der Waals surface area contributed by atoms with E-state index in [0.717, 1.165) is 39.4 Å². The molecule has 2 aromatic carbocycles. The summed E-state index contributed by atoms with van der Waals surface area (Å²) >= 11 is 6.77. The number of rotatable bonds is 2. The van der Waals surface area contributed by atoms with Crippen LogP contribution in [0.15, 0.2) is 54.9 Å². The lowest BCUT2D eigenvalue weighted by molar-refractivity contribution is 0.191. The molecule has 0 aliphatic carbocycles. The average molecular weight is 705 g/mol. The number of aromatic nitrogens is 4. The Hall–Kier alpha value is -2.92. The molecule has 0 N–H and O–H groups in total. The highest BCUT2D eigenvalue weighted by Crippen LogP contribution is 2.22. The Labute approximate surface area is 253 Å². The van der Waals surface area contributed by atoms with Gasteiger partial charge >= 0.3 is 0 Å². The third-order valence-electron chi connectivity index (χ3n) is 7.27. The second-order valence-corrected chi connectivity index (χ2v) is 13.6. The lowest BCUT2D eigenvalue weighted by Gasteiger charge is -2.12. The zero-order valence-electron chi connectivity index (χ0n) is 22.2. The summed E-state index contributed by atoms with van der Waals surface area (Å²) in [6, 6.07) is 13.2. The van der Waals surface area contributed by atoms with Crippen molar-refractivity contribution in [3.05, 3.63) is 77.7 Å². The van der Waals surface area contributed by atoms with Crippen molar-refractivity contribution in [2.24, 2.45) is 5.92 Å². The van der Waals surface area contributed by atoms with Crippen molar-refractivity contribution in [2.75, 3.05) is 6.26 Å². The Morgan fingerprint density at radius 2 is 1.37 bits per heavy atom. The van der Waals surface area contributed by atoms with Gasteiger partial charge in [-0.05, 0) is 62.1 Å². The Morgan fingerprint density at radius 1 is 0.854 bits per heavy atom. The molecule has 2 unspecified atom stereocenters. The molecule has 0 amide bonds. The summed E-state index contributed by atoms with van der Waals surface area (Å²) in [5.41, 5.74) is 1.28. The van der Waals surface area contributed by atoms with Gasteiger partial charge in [0.15, 0.2) is 0 Å². The fourth-order valence-corrected chi connectivity index (χ4v) is 6.62. The number of fused-ring (bicyclic) bond motifs is 4. The highest BCUT2D eigenvalue weighted by Gasteiger charge is 2.23. The fourth-order valence-electron chi connectivity index (χ4n) is 5.24. The Kier molecular flexibility index (Phi) is 8.75. The van der Waals surface area contributed by atoms with E-state index in [2.05, 4.69) is 47.9 Å². The number of nitriles is 1. The first-order valence-corrected chi connectivity index (χ1v) is 16.6. The second kappa shape index (κ2) is 12.1. The number of nitrogens with zero attached hydrogens (tertiary/aromatic N) is 5. The first-order valence-electron chi connectivity index (χ1n) is 13.2. The molecule has 0 saturated heterocycles. The molecule has 2 atom stereocenters. The Balaban J connectivity index is 0.000000166. The van der Waals surface area contributed by atoms with Crippen LogP contribution in [0, 0.1) is 17.2 Å². The summed E-state index contributed by atoms with van der Waals surface area (Å²) in [7, 11) is -3.50. The van der Waals surface area contributed by atoms with Crippen LogP contribution in [-0.4, -0.2) is 39.9 Å². The number of hydrogen-bond donors (Lipinski definition) is 0. The summed E-state index contributed by atoms with van der Waals surface area (Å²) in [6.45, 7) is 0.999. The predicted molar refractivity (Wildman–Crippen MR) is 162 cm³/mol. The molecule has 6 rings (SSSR count). The first kappa shape index (κ1) is 29.6. The fraction of sp³-hybridized carbons (Fsp3) is 0.393. The molecule has 2 aliphatic rings. The molecule has 0 saturated carbocycles. The maximum absolute atomic E-state index is 12.6. The monoisotopic (exact) mass is 703 g/mol. The van der Waals surface area contributed by atoms with Crippen molar-refractivity contribution in [3.8, 4) is 6.07 Å². The van der Waals surface area contributed by atoms with Crippen molar-refractivity contribution in [3.63, 3.8) is 0 Å². The zero-order valence-corrected chi connectivity index (χ0v) is 26.2. The average Bonchev–Trinajstić information content (AvgIpc) is 3.24. The molecule has 4 heterocycles. The van der Waals surface area contributed by atoms with Crippen molar-refractivity contribution in [2.45, 2.75) is 57.7 Å². The quantitative estimate of drug-likeness (QED) is 0.279. The summed E-state index contributed by atoms with van der Waals surface area (Å²) in [5, 5.41) is 10.2. The van der Waals surface area contributed by atoms with Crippen molar-refractivity contribution < 1.29 is 12.6 Å². The van der Waals surface area contributed by atoms with Gasteiger partial charge in [0, 0.05) is 40.8 Å². The minimum atomic E-state index is -3.50. The maximum Gasteiger partial charge on any atom is 0.264 e. The molecule has 13 heteroatoms. The molecule has 2 aliphatic heterocycles. The van der Waals surface area contributed by atoms with Crippen LogP contribution in [0.3, 0.4) is 0 Å². The van der Waals surface area contributed by atoms with Crippen LogP contribution in [0.5, 0.6) is 0 Å². The summed E-state index contributed by atoms with van der Waals surface area (Å²) in [5.74, 6) is 1.50. The number of hydrogen-bond acceptors (Lipinski definition) is 8. The minimum absolute atomic E-state index is 0.00564. The van der Waals surface area contributed by atoms with Gasteiger partial charge in [-0.15, -0.1) is 0 Å². The predicted octanol–water partition coefficient (Wildman–Crippen LogP) is 4.48. The van der Waals surface area contributed by atoms with Gasteiger partial charge in [-0.2, -0.15) is 13.7 Å². The molecular formula is C28H27Br2N5O5S. The van der Waals surface area contributed by atoms with Gasteiger partial charge in [0.05, 0.1) is 40.2 Å². The minimum Gasteiger partial charge on any atom is -0.296 e.